The molecule has 0 spiro atoms. The van der Waals surface area contributed by atoms with E-state index in [1.807, 2.05) is 0 Å². The standard InChI is InChI=1S/C19H25NS/c1-15(13-16-11-12-21-14-16)20-19-10-6-5-9-18(19)17-7-3-2-4-8-17/h2-4,7-8,11-12,14-15,18-20H,5-6,9-10,13H2,1H3. The Labute approximate surface area is 132 Å². The van der Waals surface area contributed by atoms with E-state index in [-0.39, 0.29) is 0 Å². The summed E-state index contributed by atoms with van der Waals surface area (Å²) in [4.78, 5) is 0. The predicted molar refractivity (Wildman–Crippen MR) is 92.1 cm³/mol. The summed E-state index contributed by atoms with van der Waals surface area (Å²) in [5, 5.41) is 8.36. The summed E-state index contributed by atoms with van der Waals surface area (Å²) < 4.78 is 0. The molecule has 0 amide bonds. The van der Waals surface area contributed by atoms with Crippen molar-refractivity contribution in [1.29, 1.82) is 0 Å². The largest absolute Gasteiger partial charge is 0.311 e. The average molecular weight is 299 g/mol. The summed E-state index contributed by atoms with van der Waals surface area (Å²) in [6.45, 7) is 2.33. The van der Waals surface area contributed by atoms with E-state index in [0.717, 1.165) is 6.42 Å². The van der Waals surface area contributed by atoms with Crippen molar-refractivity contribution < 1.29 is 0 Å². The maximum atomic E-state index is 3.91. The zero-order valence-electron chi connectivity index (χ0n) is 12.8. The van der Waals surface area contributed by atoms with Gasteiger partial charge in [0, 0.05) is 12.1 Å². The van der Waals surface area contributed by atoms with Crippen LogP contribution in [0, 0.1) is 0 Å². The maximum Gasteiger partial charge on any atom is 0.0138 e. The van der Waals surface area contributed by atoms with Crippen LogP contribution < -0.4 is 5.32 Å². The monoisotopic (exact) mass is 299 g/mol. The highest BCUT2D eigenvalue weighted by atomic mass is 32.1. The van der Waals surface area contributed by atoms with Gasteiger partial charge in [0.15, 0.2) is 0 Å². The number of hydrogen-bond donors (Lipinski definition) is 1. The van der Waals surface area contributed by atoms with Crippen LogP contribution in [0.25, 0.3) is 0 Å². The zero-order chi connectivity index (χ0) is 14.5. The van der Waals surface area contributed by atoms with Crippen molar-refractivity contribution in [2.24, 2.45) is 0 Å². The van der Waals surface area contributed by atoms with Gasteiger partial charge in [0.05, 0.1) is 0 Å². The van der Waals surface area contributed by atoms with Crippen molar-refractivity contribution in [2.45, 2.75) is 57.0 Å². The second kappa shape index (κ2) is 7.24. The van der Waals surface area contributed by atoms with Crippen molar-refractivity contribution in [3.63, 3.8) is 0 Å². The van der Waals surface area contributed by atoms with Gasteiger partial charge in [-0.05, 0) is 60.1 Å². The molecule has 3 rings (SSSR count). The Hall–Kier alpha value is -1.12. The molecule has 1 N–H and O–H groups in total. The molecule has 112 valence electrons. The smallest absolute Gasteiger partial charge is 0.0138 e. The zero-order valence-corrected chi connectivity index (χ0v) is 13.6. The van der Waals surface area contributed by atoms with Gasteiger partial charge in [-0.25, -0.2) is 0 Å². The fourth-order valence-electron chi connectivity index (χ4n) is 3.62. The highest BCUT2D eigenvalue weighted by Crippen LogP contribution is 2.33. The van der Waals surface area contributed by atoms with Gasteiger partial charge in [-0.15, -0.1) is 0 Å². The van der Waals surface area contributed by atoms with E-state index >= 15 is 0 Å². The van der Waals surface area contributed by atoms with Gasteiger partial charge >= 0.3 is 0 Å². The second-order valence-electron chi connectivity index (χ2n) is 6.31. The van der Waals surface area contributed by atoms with Crippen LogP contribution in [-0.2, 0) is 6.42 Å². The molecule has 0 aliphatic heterocycles. The summed E-state index contributed by atoms with van der Waals surface area (Å²) in [5.74, 6) is 0.685. The van der Waals surface area contributed by atoms with Crippen LogP contribution in [0.4, 0.5) is 0 Å². The first-order valence-electron chi connectivity index (χ1n) is 8.15. The molecule has 0 saturated heterocycles. The summed E-state index contributed by atoms with van der Waals surface area (Å²) in [6, 6.07) is 14.5. The van der Waals surface area contributed by atoms with E-state index < -0.39 is 0 Å². The molecule has 1 heterocycles. The molecule has 2 aromatic rings. The summed E-state index contributed by atoms with van der Waals surface area (Å²) in [7, 11) is 0. The van der Waals surface area contributed by atoms with E-state index in [1.54, 1.807) is 11.3 Å². The quantitative estimate of drug-likeness (QED) is 0.819. The lowest BCUT2D eigenvalue weighted by molar-refractivity contribution is 0.303. The average Bonchev–Trinajstić information content (AvgIpc) is 3.01. The van der Waals surface area contributed by atoms with Crippen LogP contribution in [0.15, 0.2) is 47.2 Å². The lowest BCUT2D eigenvalue weighted by Gasteiger charge is -2.35. The Morgan fingerprint density at radius 3 is 2.71 bits per heavy atom. The Balaban J connectivity index is 1.64. The van der Waals surface area contributed by atoms with Crippen LogP contribution >= 0.6 is 11.3 Å². The SMILES string of the molecule is CC(Cc1ccsc1)NC1CCCCC1c1ccccc1. The van der Waals surface area contributed by atoms with E-state index in [2.05, 4.69) is 59.4 Å². The maximum absolute atomic E-state index is 3.91. The second-order valence-corrected chi connectivity index (χ2v) is 7.09. The third kappa shape index (κ3) is 3.96. The van der Waals surface area contributed by atoms with Gasteiger partial charge in [0.2, 0.25) is 0 Å². The topological polar surface area (TPSA) is 12.0 Å². The summed E-state index contributed by atoms with van der Waals surface area (Å²) in [5.41, 5.74) is 2.98. The Kier molecular flexibility index (Phi) is 5.10. The van der Waals surface area contributed by atoms with Gasteiger partial charge < -0.3 is 5.32 Å². The first kappa shape index (κ1) is 14.8. The van der Waals surface area contributed by atoms with E-state index in [0.29, 0.717) is 18.0 Å². The third-order valence-corrected chi connectivity index (χ3v) is 5.35. The highest BCUT2D eigenvalue weighted by molar-refractivity contribution is 7.07. The van der Waals surface area contributed by atoms with E-state index in [1.165, 1.54) is 36.8 Å². The molecule has 3 unspecified atom stereocenters. The molecule has 1 aliphatic carbocycles. The molecular weight excluding hydrogens is 274 g/mol. The summed E-state index contributed by atoms with van der Waals surface area (Å²) >= 11 is 1.80. The van der Waals surface area contributed by atoms with Crippen LogP contribution in [0.2, 0.25) is 0 Å². The lowest BCUT2D eigenvalue weighted by Crippen LogP contribution is -2.43. The van der Waals surface area contributed by atoms with Crippen molar-refractivity contribution in [2.75, 3.05) is 0 Å². The van der Waals surface area contributed by atoms with E-state index in [9.17, 15) is 0 Å². The lowest BCUT2D eigenvalue weighted by atomic mass is 9.79. The molecule has 1 saturated carbocycles. The molecule has 3 atom stereocenters. The fourth-order valence-corrected chi connectivity index (χ4v) is 4.30. The first-order chi connectivity index (χ1) is 10.3. The number of thiophene rings is 1. The van der Waals surface area contributed by atoms with Gasteiger partial charge in [0.1, 0.15) is 0 Å². The van der Waals surface area contributed by atoms with Crippen LogP contribution in [-0.4, -0.2) is 12.1 Å². The molecule has 2 heteroatoms. The normalized spacial score (nSPS) is 23.9. The van der Waals surface area contributed by atoms with Crippen molar-refractivity contribution in [3.05, 3.63) is 58.3 Å². The van der Waals surface area contributed by atoms with Gasteiger partial charge in [-0.3, -0.25) is 0 Å². The van der Waals surface area contributed by atoms with Gasteiger partial charge in [-0.1, -0.05) is 43.2 Å². The molecule has 0 bridgehead atoms. The molecule has 1 fully saturated rings. The predicted octanol–water partition coefficient (Wildman–Crippen LogP) is 5.00. The van der Waals surface area contributed by atoms with Crippen LogP contribution in [0.1, 0.15) is 49.7 Å². The summed E-state index contributed by atoms with van der Waals surface area (Å²) in [6.07, 6.45) is 6.52. The van der Waals surface area contributed by atoms with Crippen LogP contribution in [0.3, 0.4) is 0 Å². The minimum Gasteiger partial charge on any atom is -0.311 e. The van der Waals surface area contributed by atoms with Crippen molar-refractivity contribution >= 4 is 11.3 Å². The minimum absolute atomic E-state index is 0.550. The van der Waals surface area contributed by atoms with Gasteiger partial charge in [0.25, 0.3) is 0 Å². The molecule has 1 nitrogen and oxygen atoms in total. The number of hydrogen-bond acceptors (Lipinski definition) is 2. The molecule has 1 aromatic carbocycles. The number of rotatable bonds is 5. The molecule has 1 aliphatic rings. The molecular formula is C19H25NS. The molecule has 1 aromatic heterocycles. The third-order valence-electron chi connectivity index (χ3n) is 4.61. The Bertz CT molecular complexity index is 520. The fraction of sp³-hybridized carbons (Fsp3) is 0.474. The van der Waals surface area contributed by atoms with Crippen molar-refractivity contribution in [3.8, 4) is 0 Å². The highest BCUT2D eigenvalue weighted by Gasteiger charge is 2.27. The van der Waals surface area contributed by atoms with Gasteiger partial charge in [-0.2, -0.15) is 11.3 Å². The molecule has 21 heavy (non-hydrogen) atoms. The molecule has 0 radical (unpaired) electrons. The van der Waals surface area contributed by atoms with Crippen molar-refractivity contribution in [1.82, 2.24) is 5.32 Å². The Morgan fingerprint density at radius 2 is 1.95 bits per heavy atom. The number of nitrogens with one attached hydrogen (secondary N) is 1. The van der Waals surface area contributed by atoms with Crippen LogP contribution in [0.5, 0.6) is 0 Å². The first-order valence-corrected chi connectivity index (χ1v) is 9.09. The van der Waals surface area contributed by atoms with E-state index in [4.69, 9.17) is 0 Å². The Morgan fingerprint density at radius 1 is 1.14 bits per heavy atom. The minimum atomic E-state index is 0.550. The number of benzene rings is 1.